The van der Waals surface area contributed by atoms with Crippen LogP contribution in [0.25, 0.3) is 0 Å². The fourth-order valence-corrected chi connectivity index (χ4v) is 11.8. The highest BCUT2D eigenvalue weighted by Crippen LogP contribution is 2.69. The monoisotopic (exact) mass is 719 g/mol. The Kier molecular flexibility index (Phi) is 18.0. The highest BCUT2D eigenvalue weighted by atomic mass is 16.5. The quantitative estimate of drug-likeness (QED) is 0.0874. The lowest BCUT2D eigenvalue weighted by Crippen LogP contribution is -2.63. The standard InChI is InChI=1S/C43H82N4O4/c1-6-8-10-24-47(25-11-9-7-2)40(48)18-15-32(3)35-16-17-36-41-37(31-39(43(35,36)5)51-28-14-23-46)42(4)20-19-34(49-26-12-21-44)29-33(42)30-38(41)50-27-13-22-45/h32-39,41H,6-31,44-46H2,1-5H3/t32-,33+,34-,35-,36+,37+,38-,39?,41+,42+,43-/m1/s1. The van der Waals surface area contributed by atoms with Crippen molar-refractivity contribution in [2.45, 2.75) is 169 Å². The summed E-state index contributed by atoms with van der Waals surface area (Å²) in [4.78, 5) is 15.9. The molecule has 4 saturated carbocycles. The van der Waals surface area contributed by atoms with Gasteiger partial charge in [-0.15, -0.1) is 0 Å². The number of amides is 1. The van der Waals surface area contributed by atoms with Gasteiger partial charge in [0, 0.05) is 44.7 Å². The molecule has 4 fully saturated rings. The number of nitrogens with zero attached hydrogens (tertiary/aromatic N) is 1. The SMILES string of the molecule is CCCCCN(CCCCC)C(=O)CC[C@@H](C)[C@H]1CC[C@H]2[C@@H]3[C@H](OCCCN)C[C@@H]4C[C@H](OCCCN)CC[C@]4(C)[C@H]3CC(OCCCN)[C@]12C. The van der Waals surface area contributed by atoms with Crippen molar-refractivity contribution in [1.82, 2.24) is 4.90 Å². The molecule has 0 heterocycles. The minimum atomic E-state index is 0.0569. The minimum Gasteiger partial charge on any atom is -0.378 e. The van der Waals surface area contributed by atoms with E-state index in [2.05, 4.69) is 39.5 Å². The Labute approximate surface area is 313 Å². The first kappa shape index (κ1) is 43.0. The second-order valence-corrected chi connectivity index (χ2v) is 17.8. The van der Waals surface area contributed by atoms with Crippen LogP contribution in [0.2, 0.25) is 0 Å². The molecule has 6 N–H and O–H groups in total. The molecule has 4 aliphatic rings. The van der Waals surface area contributed by atoms with Crippen molar-refractivity contribution in [3.63, 3.8) is 0 Å². The number of hydrogen-bond donors (Lipinski definition) is 3. The lowest BCUT2D eigenvalue weighted by atomic mass is 9.43. The van der Waals surface area contributed by atoms with E-state index in [1.807, 2.05) is 0 Å². The first-order valence-electron chi connectivity index (χ1n) is 21.9. The van der Waals surface area contributed by atoms with E-state index in [9.17, 15) is 4.79 Å². The van der Waals surface area contributed by atoms with Crippen molar-refractivity contribution in [2.75, 3.05) is 52.5 Å². The summed E-state index contributed by atoms with van der Waals surface area (Å²) < 4.78 is 20.4. The highest BCUT2D eigenvalue weighted by molar-refractivity contribution is 5.76. The molecule has 0 spiro atoms. The van der Waals surface area contributed by atoms with E-state index in [1.165, 1.54) is 44.9 Å². The Morgan fingerprint density at radius 2 is 1.39 bits per heavy atom. The molecule has 51 heavy (non-hydrogen) atoms. The van der Waals surface area contributed by atoms with E-state index in [1.54, 1.807) is 0 Å². The maximum Gasteiger partial charge on any atom is 0.222 e. The maximum atomic E-state index is 13.7. The molecule has 0 aliphatic heterocycles. The normalized spacial score (nSPS) is 35.2. The van der Waals surface area contributed by atoms with Crippen molar-refractivity contribution in [1.29, 1.82) is 0 Å². The Balaban J connectivity index is 1.56. The number of unbranched alkanes of at least 4 members (excludes halogenated alkanes) is 4. The Morgan fingerprint density at radius 3 is 2.02 bits per heavy atom. The number of hydrogen-bond acceptors (Lipinski definition) is 7. The second-order valence-electron chi connectivity index (χ2n) is 17.8. The lowest BCUT2D eigenvalue weighted by Gasteiger charge is -2.65. The Morgan fingerprint density at radius 1 is 0.765 bits per heavy atom. The Bertz CT molecular complexity index is 991. The highest BCUT2D eigenvalue weighted by Gasteiger charge is 2.66. The van der Waals surface area contributed by atoms with Crippen LogP contribution in [-0.4, -0.2) is 81.7 Å². The van der Waals surface area contributed by atoms with Crippen LogP contribution in [-0.2, 0) is 19.0 Å². The van der Waals surface area contributed by atoms with Gasteiger partial charge in [0.25, 0.3) is 0 Å². The van der Waals surface area contributed by atoms with Crippen LogP contribution in [0.1, 0.15) is 150 Å². The van der Waals surface area contributed by atoms with Gasteiger partial charge in [-0.3, -0.25) is 4.79 Å². The molecular weight excluding hydrogens is 636 g/mol. The smallest absolute Gasteiger partial charge is 0.222 e. The van der Waals surface area contributed by atoms with Crippen LogP contribution in [0.5, 0.6) is 0 Å². The maximum absolute atomic E-state index is 13.7. The van der Waals surface area contributed by atoms with Gasteiger partial charge in [0.15, 0.2) is 0 Å². The van der Waals surface area contributed by atoms with Crippen LogP contribution in [0.3, 0.4) is 0 Å². The van der Waals surface area contributed by atoms with E-state index < -0.39 is 0 Å². The third kappa shape index (κ3) is 10.5. The molecule has 4 aliphatic carbocycles. The van der Waals surface area contributed by atoms with E-state index in [0.29, 0.717) is 73.6 Å². The number of carbonyl (C=O) groups is 1. The zero-order chi connectivity index (χ0) is 36.9. The zero-order valence-corrected chi connectivity index (χ0v) is 33.9. The van der Waals surface area contributed by atoms with Gasteiger partial charge in [-0.2, -0.15) is 0 Å². The van der Waals surface area contributed by atoms with Gasteiger partial charge in [0.1, 0.15) is 0 Å². The summed E-state index contributed by atoms with van der Waals surface area (Å²) in [6, 6.07) is 0. The first-order valence-corrected chi connectivity index (χ1v) is 21.9. The molecule has 11 atom stereocenters. The summed E-state index contributed by atoms with van der Waals surface area (Å²) in [5.74, 6) is 3.63. The number of nitrogens with two attached hydrogens (primary N) is 3. The van der Waals surface area contributed by atoms with E-state index in [0.717, 1.165) is 97.1 Å². The summed E-state index contributed by atoms with van der Waals surface area (Å²) in [6.45, 7) is 18.3. The molecule has 8 heteroatoms. The van der Waals surface area contributed by atoms with Crippen molar-refractivity contribution >= 4 is 5.91 Å². The van der Waals surface area contributed by atoms with Crippen molar-refractivity contribution in [3.8, 4) is 0 Å². The summed E-state index contributed by atoms with van der Waals surface area (Å²) >= 11 is 0. The molecule has 0 aromatic heterocycles. The second kappa shape index (κ2) is 21.4. The first-order chi connectivity index (χ1) is 24.7. The summed E-state index contributed by atoms with van der Waals surface area (Å²) in [5, 5.41) is 0. The van der Waals surface area contributed by atoms with Crippen LogP contribution in [0.15, 0.2) is 0 Å². The average Bonchev–Trinajstić information content (AvgIpc) is 3.48. The average molecular weight is 719 g/mol. The third-order valence-electron chi connectivity index (χ3n) is 14.7. The van der Waals surface area contributed by atoms with E-state index >= 15 is 0 Å². The van der Waals surface area contributed by atoms with Crippen molar-refractivity contribution in [3.05, 3.63) is 0 Å². The van der Waals surface area contributed by atoms with Gasteiger partial charge < -0.3 is 36.3 Å². The lowest BCUT2D eigenvalue weighted by molar-refractivity contribution is -0.227. The molecule has 1 amide bonds. The fraction of sp³-hybridized carbons (Fsp3) is 0.977. The topological polar surface area (TPSA) is 126 Å². The minimum absolute atomic E-state index is 0.0569. The van der Waals surface area contributed by atoms with Gasteiger partial charge >= 0.3 is 0 Å². The summed E-state index contributed by atoms with van der Waals surface area (Å²) in [5.41, 5.74) is 18.1. The molecule has 0 aromatic rings. The van der Waals surface area contributed by atoms with Crippen molar-refractivity contribution in [2.24, 2.45) is 63.5 Å². The van der Waals surface area contributed by atoms with Gasteiger partial charge in [-0.05, 0) is 144 Å². The number of fused-ring (bicyclic) bond motifs is 5. The Hall–Kier alpha value is -0.770. The van der Waals surface area contributed by atoms with E-state index in [4.69, 9.17) is 31.4 Å². The number of ether oxygens (including phenoxy) is 3. The predicted octanol–water partition coefficient (Wildman–Crippen LogP) is 7.69. The van der Waals surface area contributed by atoms with Crippen LogP contribution >= 0.6 is 0 Å². The van der Waals surface area contributed by atoms with Gasteiger partial charge in [0.2, 0.25) is 5.91 Å². The van der Waals surface area contributed by atoms with Crippen LogP contribution in [0, 0.1) is 46.3 Å². The molecular formula is C43H82N4O4. The molecule has 298 valence electrons. The molecule has 0 bridgehead atoms. The van der Waals surface area contributed by atoms with Crippen molar-refractivity contribution < 1.29 is 19.0 Å². The predicted molar refractivity (Wildman–Crippen MR) is 210 cm³/mol. The molecule has 0 aromatic carbocycles. The third-order valence-corrected chi connectivity index (χ3v) is 14.7. The number of rotatable bonds is 24. The molecule has 8 nitrogen and oxygen atoms in total. The van der Waals surface area contributed by atoms with Gasteiger partial charge in [0.05, 0.1) is 18.3 Å². The van der Waals surface area contributed by atoms with Gasteiger partial charge in [-0.1, -0.05) is 60.3 Å². The van der Waals surface area contributed by atoms with Crippen LogP contribution in [0.4, 0.5) is 0 Å². The largest absolute Gasteiger partial charge is 0.378 e. The molecule has 0 radical (unpaired) electrons. The summed E-state index contributed by atoms with van der Waals surface area (Å²) in [6.07, 6.45) is 20.4. The molecule has 0 saturated heterocycles. The van der Waals surface area contributed by atoms with E-state index in [-0.39, 0.29) is 23.0 Å². The van der Waals surface area contributed by atoms with Gasteiger partial charge in [-0.25, -0.2) is 0 Å². The summed E-state index contributed by atoms with van der Waals surface area (Å²) in [7, 11) is 0. The molecule has 4 rings (SSSR count). The fourth-order valence-electron chi connectivity index (χ4n) is 11.8. The zero-order valence-electron chi connectivity index (χ0n) is 33.9. The molecule has 1 unspecified atom stereocenters. The van der Waals surface area contributed by atoms with Crippen LogP contribution < -0.4 is 17.2 Å². The number of carbonyl (C=O) groups excluding carboxylic acids is 1.